The van der Waals surface area contributed by atoms with Crippen molar-refractivity contribution < 1.29 is 13.2 Å². The van der Waals surface area contributed by atoms with E-state index in [9.17, 15) is 18.0 Å². The van der Waals surface area contributed by atoms with E-state index in [1.165, 1.54) is 6.07 Å². The molecule has 19 heavy (non-hydrogen) atoms. The molecule has 0 amide bonds. The molecular weight excluding hydrogens is 257 g/mol. The molecule has 0 spiro atoms. The molecule has 0 bridgehead atoms. The second-order valence-electron chi connectivity index (χ2n) is 4.02. The van der Waals surface area contributed by atoms with Crippen LogP contribution in [0.25, 0.3) is 16.7 Å². The largest absolute Gasteiger partial charge is 0.331 e. The summed E-state index contributed by atoms with van der Waals surface area (Å²) in [6.45, 7) is 0. The van der Waals surface area contributed by atoms with Crippen LogP contribution in [0, 0.1) is 17.5 Å². The number of benzene rings is 2. The van der Waals surface area contributed by atoms with E-state index in [1.54, 1.807) is 0 Å². The van der Waals surface area contributed by atoms with Crippen molar-refractivity contribution >= 4 is 11.0 Å². The number of nitrogens with zero attached hydrogens (tertiary/aromatic N) is 1. The van der Waals surface area contributed by atoms with Crippen molar-refractivity contribution in [2.75, 3.05) is 0 Å². The summed E-state index contributed by atoms with van der Waals surface area (Å²) in [7, 11) is 0. The van der Waals surface area contributed by atoms with E-state index in [-0.39, 0.29) is 16.7 Å². The zero-order chi connectivity index (χ0) is 13.6. The minimum Gasteiger partial charge on any atom is -0.305 e. The highest BCUT2D eigenvalue weighted by Gasteiger charge is 2.13. The number of aromatic nitrogens is 2. The predicted molar refractivity (Wildman–Crippen MR) is 63.8 cm³/mol. The summed E-state index contributed by atoms with van der Waals surface area (Å²) in [5.74, 6) is -1.94. The summed E-state index contributed by atoms with van der Waals surface area (Å²) >= 11 is 0. The fourth-order valence-electron chi connectivity index (χ4n) is 1.98. The maximum atomic E-state index is 13.7. The zero-order valence-corrected chi connectivity index (χ0v) is 9.45. The molecule has 1 heterocycles. The molecular formula is C13H7F3N2O. The van der Waals surface area contributed by atoms with Crippen molar-refractivity contribution in [3.8, 4) is 5.69 Å². The van der Waals surface area contributed by atoms with Crippen LogP contribution in [0.1, 0.15) is 0 Å². The van der Waals surface area contributed by atoms with Crippen molar-refractivity contribution in [2.24, 2.45) is 0 Å². The van der Waals surface area contributed by atoms with Crippen LogP contribution in [0.2, 0.25) is 0 Å². The normalized spacial score (nSPS) is 11.1. The van der Waals surface area contributed by atoms with Gasteiger partial charge in [-0.05, 0) is 30.3 Å². The molecule has 2 aromatic carbocycles. The Morgan fingerprint density at radius 1 is 0.947 bits per heavy atom. The van der Waals surface area contributed by atoms with Crippen LogP contribution in [-0.2, 0) is 0 Å². The molecule has 0 saturated heterocycles. The molecule has 0 aliphatic carbocycles. The van der Waals surface area contributed by atoms with Gasteiger partial charge in [0.25, 0.3) is 0 Å². The Labute approximate surface area is 104 Å². The first-order valence-corrected chi connectivity index (χ1v) is 5.42. The molecule has 0 aliphatic rings. The summed E-state index contributed by atoms with van der Waals surface area (Å²) < 4.78 is 40.9. The van der Waals surface area contributed by atoms with Crippen molar-refractivity contribution in [1.29, 1.82) is 0 Å². The van der Waals surface area contributed by atoms with Crippen molar-refractivity contribution in [1.82, 2.24) is 9.55 Å². The standard InChI is InChI=1S/C13H7F3N2O/c14-7-2-4-11-10(5-7)17-13(19)18(11)12-6-8(15)1-3-9(12)16/h1-6H,(H,17,19). The fraction of sp³-hybridized carbons (Fsp3) is 0. The highest BCUT2D eigenvalue weighted by atomic mass is 19.1. The van der Waals surface area contributed by atoms with E-state index >= 15 is 0 Å². The van der Waals surface area contributed by atoms with Crippen LogP contribution >= 0.6 is 0 Å². The number of nitrogens with one attached hydrogen (secondary N) is 1. The quantitative estimate of drug-likeness (QED) is 0.721. The lowest BCUT2D eigenvalue weighted by Gasteiger charge is -2.04. The lowest BCUT2D eigenvalue weighted by Crippen LogP contribution is -2.16. The first kappa shape index (κ1) is 11.6. The number of imidazole rings is 1. The van der Waals surface area contributed by atoms with Gasteiger partial charge in [-0.15, -0.1) is 0 Å². The Bertz CT molecular complexity index is 836. The van der Waals surface area contributed by atoms with Crippen LogP contribution in [0.3, 0.4) is 0 Å². The first-order valence-electron chi connectivity index (χ1n) is 5.42. The van der Waals surface area contributed by atoms with Crippen LogP contribution in [0.5, 0.6) is 0 Å². The van der Waals surface area contributed by atoms with Crippen molar-refractivity contribution in [2.45, 2.75) is 0 Å². The molecule has 3 nitrogen and oxygen atoms in total. The molecule has 3 aromatic rings. The number of H-pyrrole nitrogens is 1. The highest BCUT2D eigenvalue weighted by molar-refractivity contribution is 5.77. The third-order valence-corrected chi connectivity index (χ3v) is 2.79. The average Bonchev–Trinajstić information content (AvgIpc) is 2.67. The predicted octanol–water partition coefficient (Wildman–Crippen LogP) is 2.74. The number of halogens is 3. The van der Waals surface area contributed by atoms with Crippen molar-refractivity contribution in [3.05, 3.63) is 64.3 Å². The monoisotopic (exact) mass is 264 g/mol. The molecule has 0 atom stereocenters. The molecule has 3 rings (SSSR count). The van der Waals surface area contributed by atoms with E-state index in [2.05, 4.69) is 4.98 Å². The fourth-order valence-corrected chi connectivity index (χ4v) is 1.98. The van der Waals surface area contributed by atoms with Gasteiger partial charge in [0.15, 0.2) is 0 Å². The second kappa shape index (κ2) is 4.01. The van der Waals surface area contributed by atoms with Gasteiger partial charge in [-0.25, -0.2) is 18.0 Å². The number of hydrogen-bond acceptors (Lipinski definition) is 1. The summed E-state index contributed by atoms with van der Waals surface area (Å²) in [5, 5.41) is 0. The Morgan fingerprint density at radius 3 is 2.42 bits per heavy atom. The summed E-state index contributed by atoms with van der Waals surface area (Å²) in [4.78, 5) is 14.2. The van der Waals surface area contributed by atoms with Gasteiger partial charge in [-0.1, -0.05) is 0 Å². The molecule has 0 aliphatic heterocycles. The molecule has 0 saturated carbocycles. The summed E-state index contributed by atoms with van der Waals surface area (Å²) in [6, 6.07) is 6.38. The molecule has 0 radical (unpaired) electrons. The number of aromatic amines is 1. The SMILES string of the molecule is O=c1[nH]c2cc(F)ccc2n1-c1cc(F)ccc1F. The van der Waals surface area contributed by atoms with E-state index < -0.39 is 23.1 Å². The van der Waals surface area contributed by atoms with Crippen LogP contribution < -0.4 is 5.69 Å². The number of hydrogen-bond donors (Lipinski definition) is 1. The number of fused-ring (bicyclic) bond motifs is 1. The second-order valence-corrected chi connectivity index (χ2v) is 4.02. The maximum absolute atomic E-state index is 13.7. The van der Waals surface area contributed by atoms with E-state index in [1.807, 2.05) is 0 Å². The van der Waals surface area contributed by atoms with Gasteiger partial charge < -0.3 is 4.98 Å². The average molecular weight is 264 g/mol. The Balaban J connectivity index is 2.39. The van der Waals surface area contributed by atoms with Crippen LogP contribution in [0.15, 0.2) is 41.2 Å². The van der Waals surface area contributed by atoms with E-state index in [4.69, 9.17) is 0 Å². The van der Waals surface area contributed by atoms with Gasteiger partial charge in [0, 0.05) is 6.07 Å². The van der Waals surface area contributed by atoms with E-state index in [0.717, 1.165) is 34.9 Å². The van der Waals surface area contributed by atoms with Gasteiger partial charge in [0.05, 0.1) is 16.7 Å². The number of rotatable bonds is 1. The zero-order valence-electron chi connectivity index (χ0n) is 9.45. The molecule has 96 valence electrons. The third-order valence-electron chi connectivity index (χ3n) is 2.79. The highest BCUT2D eigenvalue weighted by Crippen LogP contribution is 2.19. The van der Waals surface area contributed by atoms with Gasteiger partial charge in [-0.3, -0.25) is 4.57 Å². The summed E-state index contributed by atoms with van der Waals surface area (Å²) in [6.07, 6.45) is 0. The Hall–Kier alpha value is -2.50. The summed E-state index contributed by atoms with van der Waals surface area (Å²) in [5.41, 5.74) is -0.391. The van der Waals surface area contributed by atoms with Gasteiger partial charge in [0.2, 0.25) is 0 Å². The van der Waals surface area contributed by atoms with Crippen LogP contribution in [0.4, 0.5) is 13.2 Å². The van der Waals surface area contributed by atoms with Crippen molar-refractivity contribution in [3.63, 3.8) is 0 Å². The lowest BCUT2D eigenvalue weighted by molar-refractivity contribution is 0.592. The molecule has 0 unspecified atom stereocenters. The lowest BCUT2D eigenvalue weighted by atomic mass is 10.2. The van der Waals surface area contributed by atoms with Crippen LogP contribution in [-0.4, -0.2) is 9.55 Å². The molecule has 1 N–H and O–H groups in total. The topological polar surface area (TPSA) is 37.8 Å². The maximum Gasteiger partial charge on any atom is 0.331 e. The minimum absolute atomic E-state index is 0.216. The minimum atomic E-state index is -0.742. The molecule has 1 aromatic heterocycles. The molecule has 0 fully saturated rings. The molecule has 6 heteroatoms. The first-order chi connectivity index (χ1) is 9.06. The smallest absolute Gasteiger partial charge is 0.305 e. The third kappa shape index (κ3) is 1.81. The van der Waals surface area contributed by atoms with Gasteiger partial charge >= 0.3 is 5.69 Å². The Morgan fingerprint density at radius 2 is 1.63 bits per heavy atom. The van der Waals surface area contributed by atoms with E-state index in [0.29, 0.717) is 0 Å². The Kier molecular flexibility index (Phi) is 2.45. The van der Waals surface area contributed by atoms with Gasteiger partial charge in [-0.2, -0.15) is 0 Å². The van der Waals surface area contributed by atoms with Gasteiger partial charge in [0.1, 0.15) is 17.5 Å².